The fourth-order valence-electron chi connectivity index (χ4n) is 0.880. The van der Waals surface area contributed by atoms with Gasteiger partial charge in [-0.15, -0.1) is 0 Å². The Balaban J connectivity index is 0.000000671. The Bertz CT molecular complexity index is 304. The first-order valence-electron chi connectivity index (χ1n) is 4.49. The lowest BCUT2D eigenvalue weighted by atomic mass is 10.3. The van der Waals surface area contributed by atoms with Crippen LogP contribution in [0.15, 0.2) is 23.1 Å². The van der Waals surface area contributed by atoms with E-state index in [9.17, 15) is 4.79 Å². The summed E-state index contributed by atoms with van der Waals surface area (Å²) < 4.78 is 1.60. The third-order valence-electron chi connectivity index (χ3n) is 1.46. The maximum absolute atomic E-state index is 11.1. The van der Waals surface area contributed by atoms with Crippen LogP contribution in [0, 0.1) is 0 Å². The van der Waals surface area contributed by atoms with E-state index in [1.165, 1.54) is 6.07 Å². The highest BCUT2D eigenvalue weighted by atomic mass is 35.5. The molecule has 0 fully saturated rings. The maximum atomic E-state index is 11.1. The van der Waals surface area contributed by atoms with Crippen LogP contribution in [0.4, 0.5) is 0 Å². The van der Waals surface area contributed by atoms with Crippen LogP contribution in [-0.2, 0) is 0 Å². The maximum Gasteiger partial charge on any atom is 0.250 e. The first-order valence-corrected chi connectivity index (χ1v) is 4.87. The van der Waals surface area contributed by atoms with Crippen LogP contribution in [0.1, 0.15) is 33.7 Å². The minimum atomic E-state index is -0.00981. The van der Waals surface area contributed by atoms with Crippen molar-refractivity contribution >= 4 is 11.6 Å². The smallest absolute Gasteiger partial charge is 0.250 e. The predicted molar refractivity (Wildman–Crippen MR) is 57.4 cm³/mol. The highest BCUT2D eigenvalue weighted by Crippen LogP contribution is 2.07. The van der Waals surface area contributed by atoms with Crippen LogP contribution >= 0.6 is 11.6 Å². The van der Waals surface area contributed by atoms with Gasteiger partial charge in [0.25, 0.3) is 5.56 Å². The molecule has 74 valence electrons. The fraction of sp³-hybridized carbons (Fsp3) is 0.500. The van der Waals surface area contributed by atoms with E-state index >= 15 is 0 Å². The van der Waals surface area contributed by atoms with E-state index in [2.05, 4.69) is 0 Å². The zero-order chi connectivity index (χ0) is 10.4. The van der Waals surface area contributed by atoms with Gasteiger partial charge in [-0.05, 0) is 19.9 Å². The molecule has 0 aromatic carbocycles. The van der Waals surface area contributed by atoms with E-state index in [-0.39, 0.29) is 11.6 Å². The van der Waals surface area contributed by atoms with Gasteiger partial charge < -0.3 is 4.57 Å². The van der Waals surface area contributed by atoms with Gasteiger partial charge >= 0.3 is 0 Å². The third-order valence-corrected chi connectivity index (χ3v) is 1.68. The number of hydrogen-bond acceptors (Lipinski definition) is 1. The van der Waals surface area contributed by atoms with Crippen molar-refractivity contribution in [1.82, 2.24) is 4.57 Å². The molecule has 1 rings (SSSR count). The topological polar surface area (TPSA) is 22.0 Å². The molecule has 0 radical (unpaired) electrons. The van der Waals surface area contributed by atoms with Gasteiger partial charge in [0.1, 0.15) is 0 Å². The number of nitrogens with zero attached hydrogens (tertiary/aromatic N) is 1. The van der Waals surface area contributed by atoms with E-state index in [0.29, 0.717) is 5.02 Å². The van der Waals surface area contributed by atoms with Gasteiger partial charge in [0, 0.05) is 18.3 Å². The highest BCUT2D eigenvalue weighted by Gasteiger charge is 1.99. The van der Waals surface area contributed by atoms with Crippen molar-refractivity contribution in [1.29, 1.82) is 0 Å². The lowest BCUT2D eigenvalue weighted by Crippen LogP contribution is -2.19. The average Bonchev–Trinajstić information content (AvgIpc) is 2.12. The van der Waals surface area contributed by atoms with Crippen LogP contribution in [0.5, 0.6) is 0 Å². The Morgan fingerprint density at radius 2 is 1.85 bits per heavy atom. The summed E-state index contributed by atoms with van der Waals surface area (Å²) in [5.41, 5.74) is -0.00981. The van der Waals surface area contributed by atoms with Crippen LogP contribution in [0.3, 0.4) is 0 Å². The Hall–Kier alpha value is -0.760. The summed E-state index contributed by atoms with van der Waals surface area (Å²) in [7, 11) is 0. The van der Waals surface area contributed by atoms with Crippen molar-refractivity contribution in [3.05, 3.63) is 33.7 Å². The monoisotopic (exact) mass is 201 g/mol. The van der Waals surface area contributed by atoms with Crippen molar-refractivity contribution in [2.45, 2.75) is 33.7 Å². The zero-order valence-electron chi connectivity index (χ0n) is 8.54. The molecule has 3 heteroatoms. The molecule has 0 unspecified atom stereocenters. The van der Waals surface area contributed by atoms with Gasteiger partial charge in [0.15, 0.2) is 0 Å². The van der Waals surface area contributed by atoms with Gasteiger partial charge in [-0.2, -0.15) is 0 Å². The summed E-state index contributed by atoms with van der Waals surface area (Å²) >= 11 is 5.70. The third kappa shape index (κ3) is 3.64. The number of aromatic nitrogens is 1. The van der Waals surface area contributed by atoms with Crippen LogP contribution in [0.25, 0.3) is 0 Å². The standard InChI is InChI=1S/C8H10ClNO.C2H6/c1-6(2)10-5-7(9)3-4-8(10)11;1-2/h3-6H,1-2H3;1-2H3. The molecular formula is C10H16ClNO. The van der Waals surface area contributed by atoms with Crippen LogP contribution in [-0.4, -0.2) is 4.57 Å². The second kappa shape index (κ2) is 5.81. The molecule has 1 aromatic heterocycles. The molecule has 1 heterocycles. The Morgan fingerprint density at radius 1 is 1.31 bits per heavy atom. The number of hydrogen-bond donors (Lipinski definition) is 0. The van der Waals surface area contributed by atoms with Crippen molar-refractivity contribution < 1.29 is 0 Å². The minimum Gasteiger partial charge on any atom is -0.312 e. The van der Waals surface area contributed by atoms with E-state index in [1.54, 1.807) is 16.8 Å². The molecule has 0 aliphatic rings. The van der Waals surface area contributed by atoms with Crippen molar-refractivity contribution in [2.75, 3.05) is 0 Å². The summed E-state index contributed by atoms with van der Waals surface area (Å²) in [6, 6.07) is 3.24. The minimum absolute atomic E-state index is 0.00981. The van der Waals surface area contributed by atoms with E-state index in [4.69, 9.17) is 11.6 Å². The van der Waals surface area contributed by atoms with Gasteiger partial charge in [-0.3, -0.25) is 4.79 Å². The molecule has 0 aliphatic heterocycles. The molecule has 1 aromatic rings. The van der Waals surface area contributed by atoms with Gasteiger partial charge in [-0.1, -0.05) is 25.4 Å². The summed E-state index contributed by atoms with van der Waals surface area (Å²) in [5, 5.41) is 0.596. The number of halogens is 1. The average molecular weight is 202 g/mol. The second-order valence-corrected chi connectivity index (χ2v) is 3.12. The number of rotatable bonds is 1. The van der Waals surface area contributed by atoms with E-state index in [1.807, 2.05) is 27.7 Å². The second-order valence-electron chi connectivity index (χ2n) is 2.69. The van der Waals surface area contributed by atoms with E-state index in [0.717, 1.165) is 0 Å². The highest BCUT2D eigenvalue weighted by molar-refractivity contribution is 6.30. The largest absolute Gasteiger partial charge is 0.312 e. The first kappa shape index (κ1) is 12.2. The molecule has 0 atom stereocenters. The fourth-order valence-corrected chi connectivity index (χ4v) is 1.05. The Kier molecular flexibility index (Phi) is 5.47. The molecule has 0 saturated carbocycles. The summed E-state index contributed by atoms with van der Waals surface area (Å²) in [6.07, 6.45) is 1.65. The molecule has 13 heavy (non-hydrogen) atoms. The quantitative estimate of drug-likeness (QED) is 0.685. The van der Waals surface area contributed by atoms with Crippen molar-refractivity contribution in [3.63, 3.8) is 0 Å². The van der Waals surface area contributed by atoms with Gasteiger partial charge in [-0.25, -0.2) is 0 Å². The molecule has 0 saturated heterocycles. The lowest BCUT2D eigenvalue weighted by molar-refractivity contribution is 0.578. The first-order chi connectivity index (χ1) is 6.11. The zero-order valence-corrected chi connectivity index (χ0v) is 9.30. The van der Waals surface area contributed by atoms with Crippen LogP contribution in [0.2, 0.25) is 5.02 Å². The molecule has 0 N–H and O–H groups in total. The molecular weight excluding hydrogens is 186 g/mol. The normalized spacial score (nSPS) is 9.38. The van der Waals surface area contributed by atoms with Crippen LogP contribution < -0.4 is 5.56 Å². The summed E-state index contributed by atoms with van der Waals surface area (Å²) in [4.78, 5) is 11.1. The SMILES string of the molecule is CC.CC(C)n1cc(Cl)ccc1=O. The molecule has 0 amide bonds. The van der Waals surface area contributed by atoms with Crippen molar-refractivity contribution in [3.8, 4) is 0 Å². The Labute approximate surface area is 84.2 Å². The summed E-state index contributed by atoms with van der Waals surface area (Å²) in [6.45, 7) is 7.88. The number of pyridine rings is 1. The van der Waals surface area contributed by atoms with Gasteiger partial charge in [0.2, 0.25) is 0 Å². The van der Waals surface area contributed by atoms with Gasteiger partial charge in [0.05, 0.1) is 5.02 Å². The molecule has 0 spiro atoms. The van der Waals surface area contributed by atoms with Crippen molar-refractivity contribution in [2.24, 2.45) is 0 Å². The van der Waals surface area contributed by atoms with E-state index < -0.39 is 0 Å². The molecule has 0 bridgehead atoms. The molecule has 0 aliphatic carbocycles. The predicted octanol–water partition coefficient (Wildman–Crippen LogP) is 3.11. The Morgan fingerprint density at radius 3 is 2.23 bits per heavy atom. The molecule has 2 nitrogen and oxygen atoms in total. The lowest BCUT2D eigenvalue weighted by Gasteiger charge is -2.08. The summed E-state index contributed by atoms with van der Waals surface area (Å²) in [5.74, 6) is 0.